The number of pyridine rings is 1. The van der Waals surface area contributed by atoms with Gasteiger partial charge < -0.3 is 15.5 Å². The van der Waals surface area contributed by atoms with Crippen LogP contribution in [-0.4, -0.2) is 51.7 Å². The number of aromatic nitrogens is 3. The fourth-order valence-corrected chi connectivity index (χ4v) is 3.81. The van der Waals surface area contributed by atoms with Gasteiger partial charge in [-0.3, -0.25) is 9.89 Å². The van der Waals surface area contributed by atoms with Crippen molar-refractivity contribution in [2.75, 3.05) is 25.0 Å². The van der Waals surface area contributed by atoms with Crippen molar-refractivity contribution in [1.82, 2.24) is 25.4 Å². The first kappa shape index (κ1) is 19.7. The second kappa shape index (κ2) is 8.00. The first-order valence-corrected chi connectivity index (χ1v) is 9.92. The van der Waals surface area contributed by atoms with E-state index in [1.807, 2.05) is 41.3 Å². The highest BCUT2D eigenvalue weighted by molar-refractivity contribution is 6.01. The maximum Gasteiger partial charge on any atom is 0.272 e. The van der Waals surface area contributed by atoms with Crippen molar-refractivity contribution in [3.05, 3.63) is 47.8 Å². The fourth-order valence-electron chi connectivity index (χ4n) is 3.81. The summed E-state index contributed by atoms with van der Waals surface area (Å²) in [5.41, 5.74) is 1.63. The summed E-state index contributed by atoms with van der Waals surface area (Å²) in [6, 6.07) is 12.2. The van der Waals surface area contributed by atoms with Crippen LogP contribution >= 0.6 is 12.4 Å². The van der Waals surface area contributed by atoms with E-state index < -0.39 is 0 Å². The predicted molar refractivity (Wildman–Crippen MR) is 116 cm³/mol. The second-order valence-electron chi connectivity index (χ2n) is 7.79. The lowest BCUT2D eigenvalue weighted by atomic mass is 10.1. The van der Waals surface area contributed by atoms with Crippen molar-refractivity contribution in [3.63, 3.8) is 0 Å². The first-order valence-electron chi connectivity index (χ1n) is 9.92. The molecule has 3 N–H and O–H groups in total. The van der Waals surface area contributed by atoms with Crippen LogP contribution in [0.1, 0.15) is 41.9 Å². The van der Waals surface area contributed by atoms with Gasteiger partial charge in [0.25, 0.3) is 5.91 Å². The molecule has 3 aromatic rings. The number of hydrogen-bond acceptors (Lipinski definition) is 5. The Morgan fingerprint density at radius 1 is 1.24 bits per heavy atom. The lowest BCUT2D eigenvalue weighted by molar-refractivity contribution is 0.0703. The third-order valence-corrected chi connectivity index (χ3v) is 5.48. The molecule has 2 aliphatic rings. The number of benzene rings is 1. The van der Waals surface area contributed by atoms with Crippen LogP contribution in [0.15, 0.2) is 36.4 Å². The van der Waals surface area contributed by atoms with Crippen molar-refractivity contribution >= 4 is 40.7 Å². The minimum atomic E-state index is -0.0251. The molecule has 8 heteroatoms. The number of hydrogen-bond donors (Lipinski definition) is 3. The van der Waals surface area contributed by atoms with E-state index in [9.17, 15) is 4.79 Å². The minimum absolute atomic E-state index is 0. The highest BCUT2D eigenvalue weighted by Crippen LogP contribution is 2.39. The van der Waals surface area contributed by atoms with Crippen LogP contribution in [-0.2, 0) is 0 Å². The van der Waals surface area contributed by atoms with Gasteiger partial charge in [-0.05, 0) is 31.2 Å². The zero-order valence-corrected chi connectivity index (χ0v) is 17.1. The van der Waals surface area contributed by atoms with Crippen LogP contribution in [0, 0.1) is 0 Å². The topological polar surface area (TPSA) is 85.9 Å². The van der Waals surface area contributed by atoms with Crippen molar-refractivity contribution in [1.29, 1.82) is 0 Å². The first-order chi connectivity index (χ1) is 13.7. The molecule has 0 spiro atoms. The fraction of sp³-hybridized carbons (Fsp3) is 0.381. The maximum absolute atomic E-state index is 13.1. The van der Waals surface area contributed by atoms with Gasteiger partial charge in [0.05, 0.1) is 0 Å². The smallest absolute Gasteiger partial charge is 0.272 e. The summed E-state index contributed by atoms with van der Waals surface area (Å²) in [7, 11) is 0. The van der Waals surface area contributed by atoms with Crippen molar-refractivity contribution in [3.8, 4) is 0 Å². The average Bonchev–Trinajstić information content (AvgIpc) is 3.46. The van der Waals surface area contributed by atoms with Gasteiger partial charge >= 0.3 is 0 Å². The zero-order chi connectivity index (χ0) is 19.1. The molecular formula is C21H25ClN6O. The lowest BCUT2D eigenvalue weighted by Crippen LogP contribution is -2.51. The number of nitrogens with one attached hydrogen (secondary N) is 3. The van der Waals surface area contributed by atoms with E-state index in [-0.39, 0.29) is 18.3 Å². The molecule has 1 saturated heterocycles. The number of rotatable bonds is 4. The molecule has 0 bridgehead atoms. The molecule has 29 heavy (non-hydrogen) atoms. The van der Waals surface area contributed by atoms with E-state index in [2.05, 4.69) is 32.7 Å². The number of amides is 1. The van der Waals surface area contributed by atoms with E-state index in [4.69, 9.17) is 0 Å². The van der Waals surface area contributed by atoms with Gasteiger partial charge in [0.2, 0.25) is 0 Å². The number of carbonyl (C=O) groups is 1. The number of piperazine rings is 1. The lowest BCUT2D eigenvalue weighted by Gasteiger charge is -2.31. The molecule has 5 rings (SSSR count). The molecule has 1 aliphatic carbocycles. The van der Waals surface area contributed by atoms with Gasteiger partial charge in [-0.1, -0.05) is 24.3 Å². The van der Waals surface area contributed by atoms with Gasteiger partial charge in [0.1, 0.15) is 11.5 Å². The molecule has 2 aromatic heterocycles. The van der Waals surface area contributed by atoms with Crippen LogP contribution in [0.2, 0.25) is 0 Å². The Bertz CT molecular complexity index is 1030. The third kappa shape index (κ3) is 4.06. The molecule has 1 aromatic carbocycles. The van der Waals surface area contributed by atoms with E-state index in [1.165, 1.54) is 12.8 Å². The van der Waals surface area contributed by atoms with Gasteiger partial charge in [-0.2, -0.15) is 5.10 Å². The summed E-state index contributed by atoms with van der Waals surface area (Å²) < 4.78 is 0. The Morgan fingerprint density at radius 2 is 2.07 bits per heavy atom. The molecule has 1 saturated carbocycles. The van der Waals surface area contributed by atoms with E-state index >= 15 is 0 Å². The van der Waals surface area contributed by atoms with Gasteiger partial charge in [-0.25, -0.2) is 4.98 Å². The van der Waals surface area contributed by atoms with Gasteiger partial charge in [0, 0.05) is 48.7 Å². The predicted octanol–water partition coefficient (Wildman–Crippen LogP) is 3.43. The maximum atomic E-state index is 13.1. The molecule has 1 amide bonds. The number of nitrogens with zero attached hydrogens (tertiary/aromatic N) is 3. The largest absolute Gasteiger partial charge is 0.334 e. The highest BCUT2D eigenvalue weighted by Gasteiger charge is 2.26. The summed E-state index contributed by atoms with van der Waals surface area (Å²) in [5.74, 6) is 1.98. The number of halogens is 1. The molecule has 7 nitrogen and oxygen atoms in total. The Labute approximate surface area is 175 Å². The van der Waals surface area contributed by atoms with E-state index in [1.54, 1.807) is 0 Å². The summed E-state index contributed by atoms with van der Waals surface area (Å²) in [6.07, 6.45) is 2.44. The summed E-state index contributed by atoms with van der Waals surface area (Å²) in [4.78, 5) is 19.6. The van der Waals surface area contributed by atoms with E-state index in [0.29, 0.717) is 36.6 Å². The van der Waals surface area contributed by atoms with Crippen molar-refractivity contribution < 1.29 is 4.79 Å². The van der Waals surface area contributed by atoms with Crippen molar-refractivity contribution in [2.45, 2.75) is 31.7 Å². The zero-order valence-electron chi connectivity index (χ0n) is 16.3. The van der Waals surface area contributed by atoms with E-state index in [0.717, 1.165) is 28.8 Å². The summed E-state index contributed by atoms with van der Waals surface area (Å²) in [5, 5.41) is 16.1. The SMILES string of the molecule is C[C@@H]1CN(C(=O)c2cc3ccccc3c(Nc3cc(C4CC4)[nH]n3)n2)CCN1.Cl. The standard InChI is InChI=1S/C21H24N6O.ClH/c1-13-12-27(9-8-22-13)21(28)18-10-15-4-2-3-5-16(15)20(23-18)24-19-11-17(25-26-19)14-6-7-14;/h2-5,10-11,13-14,22H,6-9,12H2,1H3,(H2,23,24,25,26);1H/t13-;/m1./s1. The molecule has 0 radical (unpaired) electrons. The van der Waals surface area contributed by atoms with Crippen LogP contribution in [0.4, 0.5) is 11.6 Å². The number of anilines is 2. The molecule has 1 aliphatic heterocycles. The Balaban J connectivity index is 0.00000205. The number of aromatic amines is 1. The molecule has 2 fully saturated rings. The van der Waals surface area contributed by atoms with Crippen LogP contribution in [0.3, 0.4) is 0 Å². The second-order valence-corrected chi connectivity index (χ2v) is 7.79. The Morgan fingerprint density at radius 3 is 2.86 bits per heavy atom. The quantitative estimate of drug-likeness (QED) is 0.611. The average molecular weight is 413 g/mol. The monoisotopic (exact) mass is 412 g/mol. The number of H-pyrrole nitrogens is 1. The number of carbonyl (C=O) groups excluding carboxylic acids is 1. The molecule has 0 unspecified atom stereocenters. The Hall–Kier alpha value is -2.64. The normalized spacial score (nSPS) is 19.1. The minimum Gasteiger partial charge on any atom is -0.334 e. The Kier molecular flexibility index (Phi) is 5.43. The van der Waals surface area contributed by atoms with Crippen molar-refractivity contribution in [2.24, 2.45) is 0 Å². The third-order valence-electron chi connectivity index (χ3n) is 5.48. The summed E-state index contributed by atoms with van der Waals surface area (Å²) in [6.45, 7) is 4.29. The molecule has 1 atom stereocenters. The molecule has 3 heterocycles. The van der Waals surface area contributed by atoms with Crippen LogP contribution in [0.25, 0.3) is 10.8 Å². The summed E-state index contributed by atoms with van der Waals surface area (Å²) >= 11 is 0. The van der Waals surface area contributed by atoms with Gasteiger partial charge in [-0.15, -0.1) is 12.4 Å². The van der Waals surface area contributed by atoms with Crippen LogP contribution in [0.5, 0.6) is 0 Å². The van der Waals surface area contributed by atoms with Gasteiger partial charge in [0.15, 0.2) is 5.82 Å². The highest BCUT2D eigenvalue weighted by atomic mass is 35.5. The molecular weight excluding hydrogens is 388 g/mol. The number of fused-ring (bicyclic) bond motifs is 1. The molecule has 152 valence electrons. The van der Waals surface area contributed by atoms with Crippen LogP contribution < -0.4 is 10.6 Å².